The Morgan fingerprint density at radius 1 is 0.929 bits per heavy atom. The monoisotopic (exact) mass is 380 g/mol. The van der Waals surface area contributed by atoms with Crippen molar-refractivity contribution < 1.29 is 0 Å². The Morgan fingerprint density at radius 3 is 2.54 bits per heavy atom. The fraction of sp³-hybridized carbons (Fsp3) is 0.667. The molecule has 1 saturated heterocycles. The van der Waals surface area contributed by atoms with Crippen LogP contribution < -0.4 is 0 Å². The lowest BCUT2D eigenvalue weighted by Gasteiger charge is -2.43. The summed E-state index contributed by atoms with van der Waals surface area (Å²) in [4.78, 5) is 8.21. The maximum atomic E-state index is 2.79. The lowest BCUT2D eigenvalue weighted by molar-refractivity contribution is 0.0466. The van der Waals surface area contributed by atoms with Gasteiger partial charge in [0.1, 0.15) is 0 Å². The minimum absolute atomic E-state index is 0.657. The first-order chi connectivity index (χ1) is 13.8. The number of para-hydroxylation sites is 1. The van der Waals surface area contributed by atoms with Crippen LogP contribution in [-0.2, 0) is 13.1 Å². The second-order valence-corrected chi connectivity index (χ2v) is 9.29. The van der Waals surface area contributed by atoms with E-state index in [1.54, 1.807) is 0 Å². The molecule has 2 fully saturated rings. The molecule has 28 heavy (non-hydrogen) atoms. The molecular formula is C24H36N4. The van der Waals surface area contributed by atoms with E-state index in [0.717, 1.165) is 19.1 Å². The highest BCUT2D eigenvalue weighted by Gasteiger charge is 2.28. The molecule has 5 rings (SSSR count). The van der Waals surface area contributed by atoms with Gasteiger partial charge in [-0.2, -0.15) is 0 Å². The second kappa shape index (κ2) is 8.17. The molecule has 1 unspecified atom stereocenters. The van der Waals surface area contributed by atoms with Gasteiger partial charge >= 0.3 is 0 Å². The summed E-state index contributed by atoms with van der Waals surface area (Å²) in [6.07, 6.45) is 7.25. The topological polar surface area (TPSA) is 14.7 Å². The van der Waals surface area contributed by atoms with Gasteiger partial charge in [-0.05, 0) is 37.3 Å². The first-order valence-electron chi connectivity index (χ1n) is 11.6. The number of rotatable bonds is 4. The molecule has 3 heterocycles. The number of aromatic nitrogens is 1. The second-order valence-electron chi connectivity index (χ2n) is 9.29. The molecule has 0 amide bonds. The molecular weight excluding hydrogens is 344 g/mol. The molecule has 2 aromatic rings. The van der Waals surface area contributed by atoms with Gasteiger partial charge in [-0.3, -0.25) is 14.7 Å². The summed E-state index contributed by atoms with van der Waals surface area (Å²) in [5.74, 6) is 0. The van der Waals surface area contributed by atoms with Crippen LogP contribution in [0.25, 0.3) is 10.9 Å². The van der Waals surface area contributed by atoms with Crippen molar-refractivity contribution in [3.05, 3.63) is 36.0 Å². The maximum Gasteiger partial charge on any atom is 0.0483 e. The van der Waals surface area contributed by atoms with Gasteiger partial charge in [-0.1, -0.05) is 37.5 Å². The number of benzene rings is 1. The van der Waals surface area contributed by atoms with Crippen LogP contribution in [-0.4, -0.2) is 70.6 Å². The Balaban J connectivity index is 1.15. The summed E-state index contributed by atoms with van der Waals surface area (Å²) in [5, 5.41) is 1.39. The zero-order chi connectivity index (χ0) is 18.9. The Bertz CT molecular complexity index is 783. The summed E-state index contributed by atoms with van der Waals surface area (Å²) in [6.45, 7) is 12.1. The van der Waals surface area contributed by atoms with Crippen molar-refractivity contribution in [1.82, 2.24) is 19.3 Å². The molecule has 0 N–H and O–H groups in total. The van der Waals surface area contributed by atoms with Crippen LogP contribution in [0.4, 0.5) is 0 Å². The largest absolute Gasteiger partial charge is 0.342 e. The SMILES string of the molecule is CC(CN1CCn2c(cc3ccccc32)C1)N1CCN(C2CCCCC2)CC1. The zero-order valence-electron chi connectivity index (χ0n) is 17.5. The highest BCUT2D eigenvalue weighted by molar-refractivity contribution is 5.81. The van der Waals surface area contributed by atoms with Crippen LogP contribution in [0.2, 0.25) is 0 Å². The average molecular weight is 381 g/mol. The quantitative estimate of drug-likeness (QED) is 0.802. The first-order valence-corrected chi connectivity index (χ1v) is 11.6. The van der Waals surface area contributed by atoms with Gasteiger partial charge < -0.3 is 4.57 Å². The van der Waals surface area contributed by atoms with Crippen molar-refractivity contribution in [3.63, 3.8) is 0 Å². The van der Waals surface area contributed by atoms with Crippen LogP contribution in [0.1, 0.15) is 44.7 Å². The van der Waals surface area contributed by atoms with Gasteiger partial charge in [-0.25, -0.2) is 0 Å². The van der Waals surface area contributed by atoms with Crippen molar-refractivity contribution in [2.75, 3.05) is 39.3 Å². The molecule has 152 valence electrons. The van der Waals surface area contributed by atoms with Crippen LogP contribution in [0.3, 0.4) is 0 Å². The molecule has 0 bridgehead atoms. The normalized spacial score (nSPS) is 24.5. The summed E-state index contributed by atoms with van der Waals surface area (Å²) < 4.78 is 2.53. The lowest BCUT2D eigenvalue weighted by atomic mass is 9.94. The van der Waals surface area contributed by atoms with E-state index in [0.29, 0.717) is 6.04 Å². The van der Waals surface area contributed by atoms with Gasteiger partial charge in [0.25, 0.3) is 0 Å². The van der Waals surface area contributed by atoms with E-state index >= 15 is 0 Å². The van der Waals surface area contributed by atoms with Crippen LogP contribution >= 0.6 is 0 Å². The third-order valence-electron chi connectivity index (χ3n) is 7.51. The fourth-order valence-corrected chi connectivity index (χ4v) is 5.85. The molecule has 1 aliphatic carbocycles. The van der Waals surface area contributed by atoms with Crippen molar-refractivity contribution in [2.45, 2.75) is 64.2 Å². The summed E-state index contributed by atoms with van der Waals surface area (Å²) in [6, 6.07) is 12.8. The van der Waals surface area contributed by atoms with E-state index in [2.05, 4.69) is 56.5 Å². The lowest BCUT2D eigenvalue weighted by Crippen LogP contribution is -2.55. The highest BCUT2D eigenvalue weighted by atomic mass is 15.3. The molecule has 0 radical (unpaired) electrons. The third kappa shape index (κ3) is 3.74. The van der Waals surface area contributed by atoms with Crippen molar-refractivity contribution in [2.24, 2.45) is 0 Å². The van der Waals surface area contributed by atoms with Crippen molar-refractivity contribution in [1.29, 1.82) is 0 Å². The van der Waals surface area contributed by atoms with E-state index in [1.807, 2.05) is 0 Å². The van der Waals surface area contributed by atoms with E-state index in [4.69, 9.17) is 0 Å². The average Bonchev–Trinajstić information content (AvgIpc) is 3.12. The molecule has 1 aromatic heterocycles. The molecule has 3 aliphatic rings. The van der Waals surface area contributed by atoms with Crippen LogP contribution in [0.15, 0.2) is 30.3 Å². The minimum Gasteiger partial charge on any atom is -0.342 e. The molecule has 1 atom stereocenters. The number of piperazine rings is 1. The van der Waals surface area contributed by atoms with Crippen molar-refractivity contribution in [3.8, 4) is 0 Å². The Labute approximate surface area is 170 Å². The molecule has 4 nitrogen and oxygen atoms in total. The van der Waals surface area contributed by atoms with Crippen molar-refractivity contribution >= 4 is 10.9 Å². The number of nitrogens with zero attached hydrogens (tertiary/aromatic N) is 4. The standard InChI is InChI=1S/C24H36N4/c1-20(26-12-14-27(15-13-26)22-8-3-2-4-9-22)18-25-11-16-28-23(19-25)17-21-7-5-6-10-24(21)28/h5-7,10,17,20,22H,2-4,8-9,11-16,18-19H2,1H3. The molecule has 2 aliphatic heterocycles. The first kappa shape index (κ1) is 18.7. The van der Waals surface area contributed by atoms with E-state index in [9.17, 15) is 0 Å². The van der Waals surface area contributed by atoms with E-state index in [-0.39, 0.29) is 0 Å². The summed E-state index contributed by atoms with van der Waals surface area (Å²) >= 11 is 0. The maximum absolute atomic E-state index is 2.79. The van der Waals surface area contributed by atoms with Crippen LogP contribution in [0.5, 0.6) is 0 Å². The summed E-state index contributed by atoms with van der Waals surface area (Å²) in [7, 11) is 0. The van der Waals surface area contributed by atoms with E-state index < -0.39 is 0 Å². The molecule has 4 heteroatoms. The predicted molar refractivity (Wildman–Crippen MR) is 117 cm³/mol. The third-order valence-corrected chi connectivity index (χ3v) is 7.51. The highest BCUT2D eigenvalue weighted by Crippen LogP contribution is 2.26. The van der Waals surface area contributed by atoms with Gasteiger partial charge in [-0.15, -0.1) is 0 Å². The molecule has 0 spiro atoms. The number of hydrogen-bond acceptors (Lipinski definition) is 3. The fourth-order valence-electron chi connectivity index (χ4n) is 5.85. The summed E-state index contributed by atoms with van der Waals surface area (Å²) in [5.41, 5.74) is 2.89. The molecule has 1 saturated carbocycles. The smallest absolute Gasteiger partial charge is 0.0483 e. The van der Waals surface area contributed by atoms with Gasteiger partial charge in [0.05, 0.1) is 0 Å². The Kier molecular flexibility index (Phi) is 5.45. The minimum atomic E-state index is 0.657. The van der Waals surface area contributed by atoms with Gasteiger partial charge in [0.2, 0.25) is 0 Å². The Hall–Kier alpha value is -1.36. The predicted octanol–water partition coefficient (Wildman–Crippen LogP) is 3.80. The number of hydrogen-bond donors (Lipinski definition) is 0. The molecule has 1 aromatic carbocycles. The van der Waals surface area contributed by atoms with Gasteiger partial charge in [0.15, 0.2) is 0 Å². The Morgan fingerprint density at radius 2 is 1.71 bits per heavy atom. The zero-order valence-corrected chi connectivity index (χ0v) is 17.5. The van der Waals surface area contributed by atoms with Crippen LogP contribution in [0, 0.1) is 0 Å². The van der Waals surface area contributed by atoms with Gasteiger partial charge in [0, 0.05) is 75.7 Å². The number of fused-ring (bicyclic) bond motifs is 3. The van der Waals surface area contributed by atoms with E-state index in [1.165, 1.54) is 88.0 Å².